The number of anilines is 1. The van der Waals surface area contributed by atoms with E-state index in [0.29, 0.717) is 22.6 Å². The number of fused-ring (bicyclic) bond motifs is 1. The highest BCUT2D eigenvalue weighted by molar-refractivity contribution is 6.04. The van der Waals surface area contributed by atoms with Crippen LogP contribution in [-0.2, 0) is 0 Å². The molecule has 0 aliphatic heterocycles. The summed E-state index contributed by atoms with van der Waals surface area (Å²) in [5.74, 6) is -3.97. The molecule has 0 saturated heterocycles. The first-order chi connectivity index (χ1) is 14.3. The summed E-state index contributed by atoms with van der Waals surface area (Å²) < 4.78 is 33.2. The Morgan fingerprint density at radius 1 is 1.27 bits per heavy atom. The van der Waals surface area contributed by atoms with Crippen molar-refractivity contribution in [3.05, 3.63) is 65.4 Å². The van der Waals surface area contributed by atoms with Crippen molar-refractivity contribution in [2.75, 3.05) is 5.32 Å². The average Bonchev–Trinajstić information content (AvgIpc) is 3.07. The van der Waals surface area contributed by atoms with Gasteiger partial charge in [0.2, 0.25) is 11.7 Å². The first kappa shape index (κ1) is 18.4. The van der Waals surface area contributed by atoms with Gasteiger partial charge in [-0.05, 0) is 43.2 Å². The molecule has 1 N–H and O–H groups in total. The lowest BCUT2D eigenvalue weighted by Gasteiger charge is -2.09. The lowest BCUT2D eigenvalue weighted by molar-refractivity contribution is 0.102. The van der Waals surface area contributed by atoms with Crippen LogP contribution < -0.4 is 5.32 Å². The van der Waals surface area contributed by atoms with Crippen molar-refractivity contribution < 1.29 is 18.1 Å². The third-order valence-corrected chi connectivity index (χ3v) is 5.21. The molecule has 1 aromatic carbocycles. The molecule has 30 heavy (non-hydrogen) atoms. The predicted molar refractivity (Wildman–Crippen MR) is 105 cm³/mol. The molecule has 1 saturated carbocycles. The minimum absolute atomic E-state index is 0.0674. The van der Waals surface area contributed by atoms with E-state index in [4.69, 9.17) is 4.52 Å². The molecule has 1 amide bonds. The molecule has 5 rings (SSSR count). The van der Waals surface area contributed by atoms with Crippen LogP contribution in [-0.4, -0.2) is 31.4 Å². The SMILES string of the molecule is Cc1ccn2c(C(=O)Nc3cc(-c4noc([C@@H]5CC5(F)F)n4)ccc3C)cnc2c1. The Morgan fingerprint density at radius 3 is 2.83 bits per heavy atom. The van der Waals surface area contributed by atoms with Crippen LogP contribution in [0, 0.1) is 13.8 Å². The van der Waals surface area contributed by atoms with E-state index >= 15 is 0 Å². The van der Waals surface area contributed by atoms with Gasteiger partial charge < -0.3 is 9.84 Å². The fourth-order valence-corrected chi connectivity index (χ4v) is 3.31. The van der Waals surface area contributed by atoms with E-state index in [-0.39, 0.29) is 24.0 Å². The van der Waals surface area contributed by atoms with Crippen molar-refractivity contribution in [3.8, 4) is 11.4 Å². The van der Waals surface area contributed by atoms with Crippen LogP contribution in [0.3, 0.4) is 0 Å². The molecule has 0 radical (unpaired) electrons. The van der Waals surface area contributed by atoms with Crippen molar-refractivity contribution >= 4 is 17.2 Å². The lowest BCUT2D eigenvalue weighted by Crippen LogP contribution is -2.15. The topological polar surface area (TPSA) is 85.3 Å². The zero-order valence-electron chi connectivity index (χ0n) is 16.2. The Kier molecular flexibility index (Phi) is 3.96. The first-order valence-electron chi connectivity index (χ1n) is 9.39. The number of hydrogen-bond donors (Lipinski definition) is 1. The zero-order chi connectivity index (χ0) is 21.0. The number of aromatic nitrogens is 4. The third kappa shape index (κ3) is 3.12. The van der Waals surface area contributed by atoms with Crippen LogP contribution in [0.5, 0.6) is 0 Å². The number of carbonyl (C=O) groups is 1. The van der Waals surface area contributed by atoms with Gasteiger partial charge in [-0.15, -0.1) is 0 Å². The number of amides is 1. The summed E-state index contributed by atoms with van der Waals surface area (Å²) in [5, 5.41) is 6.69. The molecular formula is C21H17F2N5O2. The Bertz CT molecular complexity index is 1290. The van der Waals surface area contributed by atoms with Crippen molar-refractivity contribution in [2.24, 2.45) is 0 Å². The Balaban J connectivity index is 1.42. The predicted octanol–water partition coefficient (Wildman–Crippen LogP) is 4.38. The second kappa shape index (κ2) is 6.45. The molecule has 3 aromatic heterocycles. The van der Waals surface area contributed by atoms with Gasteiger partial charge >= 0.3 is 0 Å². The molecule has 152 valence electrons. The van der Waals surface area contributed by atoms with Gasteiger partial charge in [-0.2, -0.15) is 4.98 Å². The van der Waals surface area contributed by atoms with E-state index in [2.05, 4.69) is 20.4 Å². The molecule has 7 nitrogen and oxygen atoms in total. The number of pyridine rings is 1. The van der Waals surface area contributed by atoms with Crippen LogP contribution in [0.2, 0.25) is 0 Å². The van der Waals surface area contributed by atoms with E-state index in [1.54, 1.807) is 28.8 Å². The summed E-state index contributed by atoms with van der Waals surface area (Å²) in [6, 6.07) is 9.03. The number of hydrogen-bond acceptors (Lipinski definition) is 5. The van der Waals surface area contributed by atoms with Crippen LogP contribution in [0.15, 0.2) is 47.2 Å². The van der Waals surface area contributed by atoms with Gasteiger partial charge in [0, 0.05) is 23.9 Å². The Hall–Kier alpha value is -3.62. The normalized spacial score (nSPS) is 17.3. The molecule has 1 aliphatic carbocycles. The number of nitrogens with zero attached hydrogens (tertiary/aromatic N) is 4. The van der Waals surface area contributed by atoms with E-state index in [1.807, 2.05) is 26.0 Å². The molecule has 1 fully saturated rings. The largest absolute Gasteiger partial charge is 0.338 e. The molecular weight excluding hydrogens is 392 g/mol. The van der Waals surface area contributed by atoms with Gasteiger partial charge in [0.15, 0.2) is 0 Å². The summed E-state index contributed by atoms with van der Waals surface area (Å²) in [6.07, 6.45) is 3.04. The highest BCUT2D eigenvalue weighted by Crippen LogP contribution is 2.55. The van der Waals surface area contributed by atoms with Gasteiger partial charge in [-0.1, -0.05) is 17.3 Å². The summed E-state index contributed by atoms with van der Waals surface area (Å²) >= 11 is 0. The summed E-state index contributed by atoms with van der Waals surface area (Å²) in [5.41, 5.74) is 4.07. The Labute approximate surface area is 169 Å². The van der Waals surface area contributed by atoms with Gasteiger partial charge in [0.05, 0.1) is 6.20 Å². The molecule has 1 aliphatic rings. The summed E-state index contributed by atoms with van der Waals surface area (Å²) in [7, 11) is 0. The van der Waals surface area contributed by atoms with Crippen LogP contribution in [0.25, 0.3) is 17.0 Å². The van der Waals surface area contributed by atoms with Crippen molar-refractivity contribution in [1.82, 2.24) is 19.5 Å². The minimum atomic E-state index is -2.78. The fourth-order valence-electron chi connectivity index (χ4n) is 3.31. The van der Waals surface area contributed by atoms with E-state index < -0.39 is 11.8 Å². The van der Waals surface area contributed by atoms with Gasteiger partial charge in [-0.3, -0.25) is 9.20 Å². The summed E-state index contributed by atoms with van der Waals surface area (Å²) in [4.78, 5) is 21.2. The standard InChI is InChI=1S/C21H17F2N5O2/c1-11-5-6-28-16(10-24-17(28)7-11)19(29)25-15-8-13(4-3-12(15)2)18-26-20(30-27-18)14-9-21(14,22)23/h3-8,10,14H,9H2,1-2H3,(H,25,29)/t14-/m0/s1. The molecule has 0 spiro atoms. The minimum Gasteiger partial charge on any atom is -0.338 e. The maximum atomic E-state index is 13.2. The fraction of sp³-hybridized carbons (Fsp3) is 0.238. The quantitative estimate of drug-likeness (QED) is 0.541. The van der Waals surface area contributed by atoms with Crippen LogP contribution >= 0.6 is 0 Å². The smallest absolute Gasteiger partial charge is 0.274 e. The molecule has 9 heteroatoms. The van der Waals surface area contributed by atoms with E-state index in [9.17, 15) is 13.6 Å². The summed E-state index contributed by atoms with van der Waals surface area (Å²) in [6.45, 7) is 3.81. The van der Waals surface area contributed by atoms with Crippen molar-refractivity contribution in [3.63, 3.8) is 0 Å². The van der Waals surface area contributed by atoms with Crippen molar-refractivity contribution in [1.29, 1.82) is 0 Å². The number of imidazole rings is 1. The number of benzene rings is 1. The molecule has 1 atom stereocenters. The number of rotatable bonds is 4. The van der Waals surface area contributed by atoms with Crippen LogP contribution in [0.1, 0.15) is 39.8 Å². The van der Waals surface area contributed by atoms with Crippen LogP contribution in [0.4, 0.5) is 14.5 Å². The number of halogens is 2. The number of alkyl halides is 2. The number of nitrogens with one attached hydrogen (secondary N) is 1. The maximum Gasteiger partial charge on any atom is 0.274 e. The highest BCUT2D eigenvalue weighted by Gasteiger charge is 2.61. The lowest BCUT2D eigenvalue weighted by atomic mass is 10.1. The van der Waals surface area contributed by atoms with E-state index in [1.165, 1.54) is 6.20 Å². The number of aryl methyl sites for hydroxylation is 2. The molecule has 4 aromatic rings. The zero-order valence-corrected chi connectivity index (χ0v) is 16.2. The Morgan fingerprint density at radius 2 is 2.07 bits per heavy atom. The first-order valence-corrected chi connectivity index (χ1v) is 9.39. The third-order valence-electron chi connectivity index (χ3n) is 5.21. The van der Waals surface area contributed by atoms with Gasteiger partial charge in [-0.25, -0.2) is 13.8 Å². The molecule has 0 unspecified atom stereocenters. The second-order valence-electron chi connectivity index (χ2n) is 7.53. The maximum absolute atomic E-state index is 13.2. The van der Waals surface area contributed by atoms with Gasteiger partial charge in [0.1, 0.15) is 17.3 Å². The number of carbonyl (C=O) groups excluding carboxylic acids is 1. The van der Waals surface area contributed by atoms with Crippen molar-refractivity contribution in [2.45, 2.75) is 32.1 Å². The molecule has 0 bridgehead atoms. The highest BCUT2D eigenvalue weighted by atomic mass is 19.3. The van der Waals surface area contributed by atoms with Gasteiger partial charge in [0.25, 0.3) is 11.8 Å². The molecule has 3 heterocycles. The second-order valence-corrected chi connectivity index (χ2v) is 7.53. The van der Waals surface area contributed by atoms with E-state index in [0.717, 1.165) is 11.1 Å². The average molecular weight is 409 g/mol. The monoisotopic (exact) mass is 409 g/mol.